The summed E-state index contributed by atoms with van der Waals surface area (Å²) in [5.74, 6) is -1.21. The van der Waals surface area contributed by atoms with Crippen LogP contribution < -0.4 is 5.56 Å². The Morgan fingerprint density at radius 1 is 1.19 bits per heavy atom. The molecule has 1 aromatic carbocycles. The quantitative estimate of drug-likeness (QED) is 0.682. The van der Waals surface area contributed by atoms with Crippen LogP contribution in [0.2, 0.25) is 0 Å². The number of rotatable bonds is 1. The van der Waals surface area contributed by atoms with Gasteiger partial charge in [0, 0.05) is 5.52 Å². The predicted molar refractivity (Wildman–Crippen MR) is 58.8 cm³/mol. The Hall–Kier alpha value is -2.18. The van der Waals surface area contributed by atoms with Crippen LogP contribution in [0.5, 0.6) is 0 Å². The molecule has 6 heteroatoms. The van der Waals surface area contributed by atoms with Gasteiger partial charge in [0.25, 0.3) is 5.56 Å². The van der Waals surface area contributed by atoms with Gasteiger partial charge in [0.15, 0.2) is 0 Å². The van der Waals surface area contributed by atoms with Gasteiger partial charge in [-0.05, 0) is 17.5 Å². The molecular formula is C10H11NO5. The average molecular weight is 225 g/mol. The van der Waals surface area contributed by atoms with Gasteiger partial charge in [-0.25, -0.2) is 4.79 Å². The van der Waals surface area contributed by atoms with E-state index in [1.165, 1.54) is 6.07 Å². The summed E-state index contributed by atoms with van der Waals surface area (Å²) < 4.78 is 0. The van der Waals surface area contributed by atoms with Gasteiger partial charge in [-0.15, -0.1) is 0 Å². The van der Waals surface area contributed by atoms with Crippen molar-refractivity contribution in [3.63, 3.8) is 0 Å². The first-order valence-corrected chi connectivity index (χ1v) is 4.04. The van der Waals surface area contributed by atoms with Crippen molar-refractivity contribution in [3.8, 4) is 0 Å². The minimum atomic E-state index is -1.21. The number of benzene rings is 1. The molecule has 0 aliphatic heterocycles. The van der Waals surface area contributed by atoms with Crippen LogP contribution in [0.4, 0.5) is 0 Å². The first-order valence-electron chi connectivity index (χ1n) is 4.04. The van der Waals surface area contributed by atoms with Crippen LogP contribution in [0.15, 0.2) is 35.1 Å². The topological polar surface area (TPSA) is 133 Å². The maximum absolute atomic E-state index is 11.2. The van der Waals surface area contributed by atoms with E-state index in [1.807, 2.05) is 0 Å². The van der Waals surface area contributed by atoms with Crippen LogP contribution in [0.3, 0.4) is 0 Å². The lowest BCUT2D eigenvalue weighted by atomic mass is 10.1. The molecule has 2 aromatic rings. The summed E-state index contributed by atoms with van der Waals surface area (Å²) in [6.07, 6.45) is 0. The van der Waals surface area contributed by atoms with Gasteiger partial charge in [0.05, 0.1) is 0 Å². The molecule has 6 N–H and O–H groups in total. The van der Waals surface area contributed by atoms with Crippen molar-refractivity contribution in [2.45, 2.75) is 0 Å². The lowest BCUT2D eigenvalue weighted by Crippen LogP contribution is -2.16. The van der Waals surface area contributed by atoms with Crippen LogP contribution >= 0.6 is 0 Å². The van der Waals surface area contributed by atoms with E-state index in [1.54, 1.807) is 24.3 Å². The van der Waals surface area contributed by atoms with Crippen molar-refractivity contribution in [1.82, 2.24) is 4.98 Å². The summed E-state index contributed by atoms with van der Waals surface area (Å²) in [5, 5.41) is 9.42. The molecule has 86 valence electrons. The summed E-state index contributed by atoms with van der Waals surface area (Å²) in [4.78, 5) is 24.4. The standard InChI is InChI=1S/C10H7NO3.2H2O/c12-9-7(10(13)14)5-6-3-1-2-4-8(6)11-9;;/h1-5H,(H,11,12)(H,13,14);2*1H2. The van der Waals surface area contributed by atoms with Crippen LogP contribution in [0, 0.1) is 0 Å². The summed E-state index contributed by atoms with van der Waals surface area (Å²) in [6.45, 7) is 0. The zero-order valence-electron chi connectivity index (χ0n) is 8.15. The third-order valence-electron chi connectivity index (χ3n) is 1.98. The lowest BCUT2D eigenvalue weighted by Gasteiger charge is -1.98. The molecule has 0 bridgehead atoms. The highest BCUT2D eigenvalue weighted by Crippen LogP contribution is 2.09. The summed E-state index contributed by atoms with van der Waals surface area (Å²) in [5.41, 5.74) is -0.164. The van der Waals surface area contributed by atoms with E-state index in [4.69, 9.17) is 5.11 Å². The third-order valence-corrected chi connectivity index (χ3v) is 1.98. The van der Waals surface area contributed by atoms with E-state index in [0.29, 0.717) is 10.9 Å². The van der Waals surface area contributed by atoms with Crippen LogP contribution in [0.1, 0.15) is 10.4 Å². The molecule has 0 fully saturated rings. The normalized spacial score (nSPS) is 9.00. The summed E-state index contributed by atoms with van der Waals surface area (Å²) in [7, 11) is 0. The smallest absolute Gasteiger partial charge is 0.341 e. The second-order valence-corrected chi connectivity index (χ2v) is 2.90. The minimum Gasteiger partial charge on any atom is -0.477 e. The number of hydrogen-bond donors (Lipinski definition) is 2. The minimum absolute atomic E-state index is 0. The zero-order chi connectivity index (χ0) is 10.1. The fourth-order valence-corrected chi connectivity index (χ4v) is 1.31. The van der Waals surface area contributed by atoms with E-state index in [-0.39, 0.29) is 16.5 Å². The Balaban J connectivity index is 0.00000112. The molecular weight excluding hydrogens is 214 g/mol. The Labute approximate surface area is 89.8 Å². The predicted octanol–water partition coefficient (Wildman–Crippen LogP) is -0.423. The van der Waals surface area contributed by atoms with Crippen molar-refractivity contribution in [1.29, 1.82) is 0 Å². The Morgan fingerprint density at radius 2 is 1.81 bits per heavy atom. The van der Waals surface area contributed by atoms with Gasteiger partial charge in [-0.2, -0.15) is 0 Å². The van der Waals surface area contributed by atoms with Crippen molar-refractivity contribution >= 4 is 16.9 Å². The van der Waals surface area contributed by atoms with Gasteiger partial charge >= 0.3 is 5.97 Å². The van der Waals surface area contributed by atoms with E-state index in [9.17, 15) is 9.59 Å². The van der Waals surface area contributed by atoms with Gasteiger partial charge < -0.3 is 21.0 Å². The van der Waals surface area contributed by atoms with E-state index >= 15 is 0 Å². The van der Waals surface area contributed by atoms with E-state index in [0.717, 1.165) is 0 Å². The molecule has 0 unspecified atom stereocenters. The van der Waals surface area contributed by atoms with Gasteiger partial charge in [0.2, 0.25) is 0 Å². The van der Waals surface area contributed by atoms with Crippen molar-refractivity contribution in [2.24, 2.45) is 0 Å². The van der Waals surface area contributed by atoms with Gasteiger partial charge in [-0.3, -0.25) is 4.79 Å². The number of H-pyrrole nitrogens is 1. The number of aromatic amines is 1. The number of nitrogens with one attached hydrogen (secondary N) is 1. The Bertz CT molecular complexity index is 560. The largest absolute Gasteiger partial charge is 0.477 e. The van der Waals surface area contributed by atoms with Crippen LogP contribution in [0.25, 0.3) is 10.9 Å². The van der Waals surface area contributed by atoms with Crippen molar-refractivity contribution in [2.75, 3.05) is 0 Å². The molecule has 0 atom stereocenters. The summed E-state index contributed by atoms with van der Waals surface area (Å²) in [6, 6.07) is 8.40. The van der Waals surface area contributed by atoms with Crippen LogP contribution in [-0.2, 0) is 0 Å². The number of fused-ring (bicyclic) bond motifs is 1. The lowest BCUT2D eigenvalue weighted by molar-refractivity contribution is 0.0695. The number of carbonyl (C=O) groups is 1. The molecule has 0 radical (unpaired) electrons. The maximum Gasteiger partial charge on any atom is 0.341 e. The molecule has 0 saturated carbocycles. The van der Waals surface area contributed by atoms with E-state index in [2.05, 4.69) is 4.98 Å². The average Bonchev–Trinajstić information content (AvgIpc) is 2.16. The molecule has 0 spiro atoms. The second-order valence-electron chi connectivity index (χ2n) is 2.90. The molecule has 6 nitrogen and oxygen atoms in total. The molecule has 1 aromatic heterocycles. The number of carboxylic acid groups (broad SMARTS) is 1. The molecule has 0 aliphatic carbocycles. The molecule has 0 amide bonds. The Kier molecular flexibility index (Phi) is 4.37. The highest BCUT2D eigenvalue weighted by molar-refractivity contribution is 5.92. The van der Waals surface area contributed by atoms with Crippen molar-refractivity contribution < 1.29 is 20.9 Å². The number of hydrogen-bond acceptors (Lipinski definition) is 2. The molecule has 16 heavy (non-hydrogen) atoms. The monoisotopic (exact) mass is 225 g/mol. The van der Waals surface area contributed by atoms with Gasteiger partial charge in [0.1, 0.15) is 5.56 Å². The number of carboxylic acids is 1. The first kappa shape index (κ1) is 13.8. The number of pyridine rings is 1. The summed E-state index contributed by atoms with van der Waals surface area (Å²) >= 11 is 0. The fourth-order valence-electron chi connectivity index (χ4n) is 1.31. The number of aromatic carboxylic acids is 1. The molecule has 0 aliphatic rings. The molecule has 0 saturated heterocycles. The highest BCUT2D eigenvalue weighted by atomic mass is 16.4. The molecule has 2 rings (SSSR count). The van der Waals surface area contributed by atoms with Crippen LogP contribution in [-0.4, -0.2) is 27.0 Å². The third kappa shape index (κ3) is 2.25. The SMILES string of the molecule is O.O.O=C(O)c1cc2ccccc2[nH]c1=O. The second kappa shape index (κ2) is 5.06. The first-order chi connectivity index (χ1) is 6.68. The maximum atomic E-state index is 11.2. The number of aromatic nitrogens is 1. The van der Waals surface area contributed by atoms with E-state index < -0.39 is 11.5 Å². The zero-order valence-corrected chi connectivity index (χ0v) is 8.15. The van der Waals surface area contributed by atoms with Crippen molar-refractivity contribution in [3.05, 3.63) is 46.2 Å². The highest BCUT2D eigenvalue weighted by Gasteiger charge is 2.08. The fraction of sp³-hybridized carbons (Fsp3) is 0. The number of para-hydroxylation sites is 1. The molecule has 1 heterocycles. The Morgan fingerprint density at radius 3 is 2.44 bits per heavy atom. The van der Waals surface area contributed by atoms with Gasteiger partial charge in [-0.1, -0.05) is 18.2 Å².